The molecule has 0 aliphatic carbocycles. The van der Waals surface area contributed by atoms with Crippen LogP contribution in [0.15, 0.2) is 17.0 Å². The molecule has 7 nitrogen and oxygen atoms in total. The van der Waals surface area contributed by atoms with Gasteiger partial charge in [-0.05, 0) is 6.07 Å². The van der Waals surface area contributed by atoms with E-state index >= 15 is 0 Å². The van der Waals surface area contributed by atoms with Crippen molar-refractivity contribution in [1.82, 2.24) is 0 Å². The number of ether oxygens (including phenoxy) is 1. The van der Waals surface area contributed by atoms with E-state index in [1.54, 1.807) is 0 Å². The third-order valence-electron chi connectivity index (χ3n) is 2.18. The number of nitrogens with two attached hydrogens (primary N) is 1. The lowest BCUT2D eigenvalue weighted by molar-refractivity contribution is -0.386. The van der Waals surface area contributed by atoms with Crippen molar-refractivity contribution in [1.29, 1.82) is 0 Å². The molecule has 0 bridgehead atoms. The molecule has 0 aliphatic rings. The average molecular weight is 332 g/mol. The van der Waals surface area contributed by atoms with Crippen molar-refractivity contribution >= 4 is 15.7 Å². The fourth-order valence-corrected chi connectivity index (χ4v) is 2.13. The second-order valence-corrected chi connectivity index (χ2v) is 5.30. The van der Waals surface area contributed by atoms with Gasteiger partial charge in [-0.15, -0.1) is 0 Å². The van der Waals surface area contributed by atoms with Crippen LogP contribution in [-0.4, -0.2) is 26.1 Å². The Morgan fingerprint density at radius 1 is 1.33 bits per heavy atom. The number of alkyl halides is 4. The van der Waals surface area contributed by atoms with Crippen molar-refractivity contribution in [3.05, 3.63) is 27.8 Å². The van der Waals surface area contributed by atoms with E-state index in [1.807, 2.05) is 0 Å². The highest BCUT2D eigenvalue weighted by Gasteiger charge is 2.31. The molecule has 0 aliphatic heterocycles. The Labute approximate surface area is 115 Å². The van der Waals surface area contributed by atoms with Crippen LogP contribution in [0.2, 0.25) is 0 Å². The average Bonchev–Trinajstić information content (AvgIpc) is 2.32. The summed E-state index contributed by atoms with van der Waals surface area (Å²) in [6, 6.07) is 0.861. The van der Waals surface area contributed by atoms with Crippen LogP contribution in [0.1, 0.15) is 5.56 Å². The van der Waals surface area contributed by atoms with E-state index in [-0.39, 0.29) is 0 Å². The maximum atomic E-state index is 12.7. The summed E-state index contributed by atoms with van der Waals surface area (Å²) < 4.78 is 75.4. The third kappa shape index (κ3) is 4.53. The Balaban J connectivity index is 3.41. The first kappa shape index (κ1) is 17.1. The summed E-state index contributed by atoms with van der Waals surface area (Å²) in [5.74, 6) is -0.905. The highest BCUT2D eigenvalue weighted by molar-refractivity contribution is 7.89. The number of benzene rings is 1. The molecule has 0 radical (unpaired) electrons. The smallest absolute Gasteiger partial charge is 0.422 e. The number of primary sulfonamides is 1. The minimum absolute atomic E-state index is 0.357. The van der Waals surface area contributed by atoms with Crippen LogP contribution in [-0.2, 0) is 16.7 Å². The topological polar surface area (TPSA) is 113 Å². The summed E-state index contributed by atoms with van der Waals surface area (Å²) in [5, 5.41) is 15.5. The van der Waals surface area contributed by atoms with Crippen molar-refractivity contribution in [2.75, 3.05) is 6.61 Å². The predicted molar refractivity (Wildman–Crippen MR) is 60.8 cm³/mol. The summed E-state index contributed by atoms with van der Waals surface area (Å²) in [5.41, 5.74) is -1.71. The van der Waals surface area contributed by atoms with Gasteiger partial charge in [0.05, 0.1) is 9.82 Å². The minimum atomic E-state index is -4.78. The van der Waals surface area contributed by atoms with Gasteiger partial charge in [0.1, 0.15) is 6.67 Å². The molecule has 0 aromatic heterocycles. The number of halogens is 4. The second kappa shape index (κ2) is 5.81. The monoisotopic (exact) mass is 332 g/mol. The minimum Gasteiger partial charge on any atom is -0.477 e. The Bertz CT molecular complexity index is 659. The Morgan fingerprint density at radius 3 is 2.29 bits per heavy atom. The van der Waals surface area contributed by atoms with Crippen LogP contribution in [0.4, 0.5) is 23.2 Å². The molecule has 1 aromatic rings. The molecular weight excluding hydrogens is 324 g/mol. The maximum absolute atomic E-state index is 12.7. The zero-order chi connectivity index (χ0) is 16.4. The van der Waals surface area contributed by atoms with Crippen LogP contribution in [0.5, 0.6) is 5.75 Å². The first-order chi connectivity index (χ1) is 9.45. The van der Waals surface area contributed by atoms with Crippen molar-refractivity contribution in [2.24, 2.45) is 5.14 Å². The second-order valence-electron chi connectivity index (χ2n) is 3.77. The highest BCUT2D eigenvalue weighted by Crippen LogP contribution is 2.33. The fourth-order valence-electron chi connectivity index (χ4n) is 1.38. The number of nitro benzene ring substituents is 1. The molecule has 21 heavy (non-hydrogen) atoms. The first-order valence-electron chi connectivity index (χ1n) is 5.05. The first-order valence-corrected chi connectivity index (χ1v) is 6.60. The van der Waals surface area contributed by atoms with Gasteiger partial charge in [0, 0.05) is 11.6 Å². The fraction of sp³-hybridized carbons (Fsp3) is 0.333. The van der Waals surface area contributed by atoms with Crippen molar-refractivity contribution in [3.63, 3.8) is 0 Å². The normalized spacial score (nSPS) is 12.2. The Morgan fingerprint density at radius 2 is 1.90 bits per heavy atom. The molecule has 0 heterocycles. The number of rotatable bonds is 5. The third-order valence-corrected chi connectivity index (χ3v) is 3.17. The summed E-state index contributed by atoms with van der Waals surface area (Å²) in [7, 11) is -4.48. The number of hydrogen-bond acceptors (Lipinski definition) is 5. The Hall–Kier alpha value is -1.95. The largest absolute Gasteiger partial charge is 0.477 e. The van der Waals surface area contributed by atoms with Crippen molar-refractivity contribution < 1.29 is 35.6 Å². The quantitative estimate of drug-likeness (QED) is 0.500. The van der Waals surface area contributed by atoms with Crippen molar-refractivity contribution in [2.45, 2.75) is 17.7 Å². The molecule has 0 unspecified atom stereocenters. The van der Waals surface area contributed by atoms with Gasteiger partial charge in [0.2, 0.25) is 10.0 Å². The zero-order valence-corrected chi connectivity index (χ0v) is 10.9. The van der Waals surface area contributed by atoms with Crippen LogP contribution in [0, 0.1) is 10.1 Å². The molecule has 0 amide bonds. The molecule has 0 fully saturated rings. The molecule has 1 aromatic carbocycles. The molecule has 12 heteroatoms. The van der Waals surface area contributed by atoms with Gasteiger partial charge >= 0.3 is 11.9 Å². The van der Waals surface area contributed by atoms with Crippen LogP contribution < -0.4 is 9.88 Å². The van der Waals surface area contributed by atoms with Gasteiger partial charge in [0.15, 0.2) is 12.4 Å². The van der Waals surface area contributed by atoms with E-state index in [4.69, 9.17) is 5.14 Å². The number of nitrogens with zero attached hydrogens (tertiary/aromatic N) is 1. The number of nitro groups is 1. The highest BCUT2D eigenvalue weighted by atomic mass is 32.2. The molecule has 2 N–H and O–H groups in total. The van der Waals surface area contributed by atoms with E-state index in [2.05, 4.69) is 4.74 Å². The number of hydrogen-bond donors (Lipinski definition) is 1. The van der Waals surface area contributed by atoms with Gasteiger partial charge in [0.25, 0.3) is 0 Å². The summed E-state index contributed by atoms with van der Waals surface area (Å²) >= 11 is 0. The lowest BCUT2D eigenvalue weighted by Crippen LogP contribution is -2.20. The summed E-state index contributed by atoms with van der Waals surface area (Å²) in [4.78, 5) is 8.68. The maximum Gasteiger partial charge on any atom is 0.422 e. The van der Waals surface area contributed by atoms with E-state index in [9.17, 15) is 36.1 Å². The molecule has 1 rings (SSSR count). The zero-order valence-electron chi connectivity index (χ0n) is 10.1. The molecule has 118 valence electrons. The molecule has 0 atom stereocenters. The SMILES string of the molecule is NS(=O)(=O)c1cc([N+](=O)[O-])c(OCC(F)(F)F)cc1CF. The van der Waals surface area contributed by atoms with E-state index < -0.39 is 56.3 Å². The predicted octanol–water partition coefficient (Wildman–Crippen LogP) is 1.65. The van der Waals surface area contributed by atoms with Gasteiger partial charge in [-0.1, -0.05) is 0 Å². The molecule has 0 spiro atoms. The summed E-state index contributed by atoms with van der Waals surface area (Å²) in [6.45, 7) is -3.26. The molecular formula is C9H8F4N2O5S. The van der Waals surface area contributed by atoms with Gasteiger partial charge in [-0.3, -0.25) is 10.1 Å². The van der Waals surface area contributed by atoms with Crippen molar-refractivity contribution in [3.8, 4) is 5.75 Å². The molecule has 0 saturated carbocycles. The van der Waals surface area contributed by atoms with Gasteiger partial charge in [-0.25, -0.2) is 17.9 Å². The van der Waals surface area contributed by atoms with E-state index in [0.29, 0.717) is 12.1 Å². The molecule has 0 saturated heterocycles. The van der Waals surface area contributed by atoms with Gasteiger partial charge < -0.3 is 4.74 Å². The van der Waals surface area contributed by atoms with Gasteiger partial charge in [-0.2, -0.15) is 13.2 Å². The lowest BCUT2D eigenvalue weighted by atomic mass is 10.2. The van der Waals surface area contributed by atoms with Crippen LogP contribution in [0.25, 0.3) is 0 Å². The Kier molecular flexibility index (Phi) is 4.73. The van der Waals surface area contributed by atoms with Crippen LogP contribution in [0.3, 0.4) is 0 Å². The van der Waals surface area contributed by atoms with Crippen LogP contribution >= 0.6 is 0 Å². The number of sulfonamides is 1. The standard InChI is InChI=1S/C9H8F4N2O5S/c10-3-5-1-7(20-4-9(11,12)13)6(15(16)17)2-8(5)21(14,18)19/h1-2H,3-4H2,(H2,14,18,19). The van der Waals surface area contributed by atoms with E-state index in [0.717, 1.165) is 0 Å². The lowest BCUT2D eigenvalue weighted by Gasteiger charge is -2.12. The van der Waals surface area contributed by atoms with E-state index in [1.165, 1.54) is 0 Å². The summed E-state index contributed by atoms with van der Waals surface area (Å²) in [6.07, 6.45) is -4.78.